The Morgan fingerprint density at radius 1 is 1.10 bits per heavy atom. The van der Waals surface area contributed by atoms with Gasteiger partial charge in [-0.15, -0.1) is 0 Å². The van der Waals surface area contributed by atoms with Crippen LogP contribution in [0, 0.1) is 10.6 Å². The van der Waals surface area contributed by atoms with E-state index in [4.69, 9.17) is 0 Å². The molecule has 1 atom stereocenters. The Morgan fingerprint density at radius 2 is 1.87 bits per heavy atom. The van der Waals surface area contributed by atoms with Crippen molar-refractivity contribution < 1.29 is 5.11 Å². The Bertz CT molecular complexity index is 1410. The molecule has 1 N–H and O–H groups in total. The molecule has 3 aromatic carbocycles. The van der Waals surface area contributed by atoms with Crippen molar-refractivity contribution in [2.45, 2.75) is 52.1 Å². The normalized spacial score (nSPS) is 19.5. The van der Waals surface area contributed by atoms with Gasteiger partial charge in [-0.1, -0.05) is 37.3 Å². The van der Waals surface area contributed by atoms with Gasteiger partial charge in [0.15, 0.2) is 12.1 Å². The summed E-state index contributed by atoms with van der Waals surface area (Å²) in [5, 5.41) is 17.6. The predicted octanol–water partition coefficient (Wildman–Crippen LogP) is 4.59. The zero-order valence-corrected chi connectivity index (χ0v) is 18.4. The fraction of sp³-hybridized carbons (Fsp3) is 0.370. The lowest BCUT2D eigenvalue weighted by molar-refractivity contribution is 0.213. The van der Waals surface area contributed by atoms with Crippen molar-refractivity contribution in [2.75, 3.05) is 13.2 Å². The molecule has 1 aliphatic rings. The Labute approximate surface area is 177 Å². The number of nitrogens with zero attached hydrogens (tertiary/aromatic N) is 2. The van der Waals surface area contributed by atoms with Crippen molar-refractivity contribution in [3.8, 4) is 0 Å². The maximum Gasteiger partial charge on any atom is 0.203 e. The van der Waals surface area contributed by atoms with Gasteiger partial charge in [0.2, 0.25) is 5.36 Å². The minimum Gasteiger partial charge on any atom is -0.390 e. The molecule has 0 amide bonds. The number of benzene rings is 3. The van der Waals surface area contributed by atoms with Gasteiger partial charge < -0.3 is 9.67 Å². The number of aliphatic hydroxyl groups excluding tert-OH is 1. The predicted molar refractivity (Wildman–Crippen MR) is 125 cm³/mol. The highest BCUT2D eigenvalue weighted by atomic mass is 16.3. The molecule has 4 aromatic rings. The number of aliphatic hydroxyl groups is 1. The van der Waals surface area contributed by atoms with Gasteiger partial charge in [0.05, 0.1) is 5.35 Å². The van der Waals surface area contributed by atoms with Crippen molar-refractivity contribution >= 4 is 21.7 Å². The second-order valence-electron chi connectivity index (χ2n) is 9.34. The zero-order chi connectivity index (χ0) is 21.0. The van der Waals surface area contributed by atoms with Crippen molar-refractivity contribution in [3.05, 3.63) is 76.1 Å². The number of aryl methyl sites for hydroxylation is 1. The van der Waals surface area contributed by atoms with Crippen LogP contribution in [0.5, 0.6) is 0 Å². The first-order chi connectivity index (χ1) is 14.5. The van der Waals surface area contributed by atoms with Crippen molar-refractivity contribution in [3.63, 3.8) is 0 Å². The van der Waals surface area contributed by atoms with Crippen LogP contribution in [0.2, 0.25) is 0 Å². The molecule has 3 nitrogen and oxygen atoms in total. The molecule has 1 aliphatic heterocycles. The molecular formula is C27H31N2O+. The molecule has 1 aromatic heterocycles. The number of fused-ring (bicyclic) bond motifs is 1. The minimum absolute atomic E-state index is 0.0500. The Kier molecular flexibility index (Phi) is 4.48. The van der Waals surface area contributed by atoms with Gasteiger partial charge in [-0.25, -0.2) is 4.58 Å². The van der Waals surface area contributed by atoms with E-state index in [1.165, 1.54) is 43.2 Å². The summed E-state index contributed by atoms with van der Waals surface area (Å²) in [6.07, 6.45) is 1.09. The van der Waals surface area contributed by atoms with Crippen molar-refractivity contribution in [1.82, 2.24) is 9.14 Å². The van der Waals surface area contributed by atoms with Crippen LogP contribution in [0.3, 0.4) is 0 Å². The number of hydrogen-bond acceptors (Lipinski definition) is 1. The quantitative estimate of drug-likeness (QED) is 0.502. The average molecular weight is 400 g/mol. The van der Waals surface area contributed by atoms with E-state index in [0.717, 1.165) is 13.0 Å². The molecule has 0 aliphatic carbocycles. The Hall–Kier alpha value is -2.65. The second-order valence-corrected chi connectivity index (χ2v) is 9.34. The van der Waals surface area contributed by atoms with Gasteiger partial charge in [-0.3, -0.25) is 0 Å². The number of rotatable bonds is 3. The largest absolute Gasteiger partial charge is 0.390 e. The van der Waals surface area contributed by atoms with Crippen LogP contribution in [0.1, 0.15) is 45.6 Å². The first-order valence-electron chi connectivity index (χ1n) is 11.2. The molecule has 0 unspecified atom stereocenters. The van der Waals surface area contributed by atoms with E-state index in [-0.39, 0.29) is 12.1 Å². The summed E-state index contributed by atoms with van der Waals surface area (Å²) in [6, 6.07) is 20.2. The summed E-state index contributed by atoms with van der Waals surface area (Å²) in [6.45, 7) is 10.9. The molecule has 2 heterocycles. The molecule has 5 rings (SSSR count). The molecular weight excluding hydrogens is 368 g/mol. The van der Waals surface area contributed by atoms with E-state index in [9.17, 15) is 5.11 Å². The van der Waals surface area contributed by atoms with Crippen LogP contribution in [0.25, 0.3) is 21.7 Å². The van der Waals surface area contributed by atoms with Gasteiger partial charge >= 0.3 is 0 Å². The van der Waals surface area contributed by atoms with E-state index < -0.39 is 0 Å². The highest BCUT2D eigenvalue weighted by Gasteiger charge is 2.38. The lowest BCUT2D eigenvalue weighted by atomic mass is 9.82. The second kappa shape index (κ2) is 6.95. The highest BCUT2D eigenvalue weighted by molar-refractivity contribution is 6.09. The monoisotopic (exact) mass is 399 g/mol. The third kappa shape index (κ3) is 2.72. The molecule has 0 spiro atoms. The van der Waals surface area contributed by atoms with E-state index in [2.05, 4.69) is 91.4 Å². The lowest BCUT2D eigenvalue weighted by Gasteiger charge is -2.30. The summed E-state index contributed by atoms with van der Waals surface area (Å²) < 4.78 is 4.85. The Morgan fingerprint density at radius 3 is 2.60 bits per heavy atom. The summed E-state index contributed by atoms with van der Waals surface area (Å²) in [5.41, 5.74) is 2.76. The van der Waals surface area contributed by atoms with Crippen LogP contribution in [-0.4, -0.2) is 28.4 Å². The van der Waals surface area contributed by atoms with Crippen molar-refractivity contribution in [2.24, 2.45) is 0 Å². The number of aromatic nitrogens is 1. The molecule has 30 heavy (non-hydrogen) atoms. The van der Waals surface area contributed by atoms with E-state index in [1.54, 1.807) is 0 Å². The first-order valence-corrected chi connectivity index (χ1v) is 11.2. The number of hydrogen-bond donors (Lipinski definition) is 1. The summed E-state index contributed by atoms with van der Waals surface area (Å²) in [5.74, 6) is 0.486. The maximum absolute atomic E-state index is 9.67. The number of β-amino-alcohol motifs (C(OH)–C–C–N with tert-alkyl or cyclic N) is 1. The lowest BCUT2D eigenvalue weighted by Crippen LogP contribution is -2.53. The van der Waals surface area contributed by atoms with Gasteiger partial charge in [0.25, 0.3) is 0 Å². The standard InChI is InChI=1S/C27H31N2O/c1-5-28-24-11-7-9-19-8-6-10-21(25(19)24)26(28)20-12-13-23-22(16-20)18(2)17-27(3,4)29(23)14-15-30/h6-13,16,18,30H,5,14-15,17H2,1-4H3/q+1/t18-/m0/s1. The van der Waals surface area contributed by atoms with E-state index in [1.807, 2.05) is 0 Å². The third-order valence-corrected chi connectivity index (χ3v) is 7.00. The van der Waals surface area contributed by atoms with Gasteiger partial charge in [0, 0.05) is 40.9 Å². The molecule has 0 radical (unpaired) electrons. The topological polar surface area (TPSA) is 28.2 Å². The van der Waals surface area contributed by atoms with Crippen LogP contribution in [0.15, 0.2) is 54.6 Å². The fourth-order valence-electron chi connectivity index (χ4n) is 5.81. The molecule has 154 valence electrons. The fourth-order valence-corrected chi connectivity index (χ4v) is 5.81. The van der Waals surface area contributed by atoms with Gasteiger partial charge in [-0.2, -0.15) is 0 Å². The SMILES string of the molecule is CCn1c(=c2ccc3c(c2)[C@@H](C)CC(C)(C)[N+]=3CCO)c2cccc3cccc1c32. The van der Waals surface area contributed by atoms with Crippen LogP contribution < -0.4 is 9.93 Å². The Balaban J connectivity index is 1.97. The van der Waals surface area contributed by atoms with E-state index >= 15 is 0 Å². The zero-order valence-electron chi connectivity index (χ0n) is 18.4. The average Bonchev–Trinajstić information content (AvgIpc) is 3.06. The minimum atomic E-state index is 0.0500. The third-order valence-electron chi connectivity index (χ3n) is 7.00. The molecule has 0 fully saturated rings. The summed E-state index contributed by atoms with van der Waals surface area (Å²) in [4.78, 5) is 0. The summed E-state index contributed by atoms with van der Waals surface area (Å²) in [7, 11) is 0. The maximum atomic E-state index is 9.67. The van der Waals surface area contributed by atoms with Gasteiger partial charge in [0.1, 0.15) is 6.61 Å². The van der Waals surface area contributed by atoms with Gasteiger partial charge in [-0.05, 0) is 55.5 Å². The molecule has 0 bridgehead atoms. The first kappa shape index (κ1) is 19.3. The summed E-state index contributed by atoms with van der Waals surface area (Å²) >= 11 is 0. The smallest absolute Gasteiger partial charge is 0.203 e. The molecule has 0 saturated carbocycles. The van der Waals surface area contributed by atoms with Crippen LogP contribution >= 0.6 is 0 Å². The molecule has 3 heteroatoms. The van der Waals surface area contributed by atoms with Crippen LogP contribution in [-0.2, 0) is 6.54 Å². The van der Waals surface area contributed by atoms with Crippen molar-refractivity contribution in [1.29, 1.82) is 0 Å². The highest BCUT2D eigenvalue weighted by Crippen LogP contribution is 2.32. The van der Waals surface area contributed by atoms with E-state index in [0.29, 0.717) is 12.5 Å². The van der Waals surface area contributed by atoms with Crippen LogP contribution in [0.4, 0.5) is 0 Å². The molecule has 0 saturated heterocycles.